The molecule has 0 amide bonds. The molecule has 0 aliphatic carbocycles. The second-order valence-electron chi connectivity index (χ2n) is 3.87. The van der Waals surface area contributed by atoms with Gasteiger partial charge in [0.15, 0.2) is 0 Å². The highest BCUT2D eigenvalue weighted by atomic mass is 16.5. The molecule has 0 spiro atoms. The zero-order valence-electron chi connectivity index (χ0n) is 9.20. The van der Waals surface area contributed by atoms with Gasteiger partial charge in [0.05, 0.1) is 12.7 Å². The molecule has 0 fully saturated rings. The number of hydrogen-bond donors (Lipinski definition) is 3. The minimum atomic E-state index is -0.451. The van der Waals surface area contributed by atoms with Crippen molar-refractivity contribution in [3.8, 4) is 0 Å². The van der Waals surface area contributed by atoms with E-state index in [2.05, 4.69) is 19.2 Å². The molecule has 1 atom stereocenters. The molecule has 0 aromatic rings. The van der Waals surface area contributed by atoms with Gasteiger partial charge < -0.3 is 20.3 Å². The molecule has 4 nitrogen and oxygen atoms in total. The van der Waals surface area contributed by atoms with Crippen molar-refractivity contribution in [2.45, 2.75) is 26.4 Å². The summed E-state index contributed by atoms with van der Waals surface area (Å²) < 4.78 is 5.27. The van der Waals surface area contributed by atoms with Gasteiger partial charge in [0.1, 0.15) is 0 Å². The van der Waals surface area contributed by atoms with Crippen molar-refractivity contribution in [1.82, 2.24) is 5.32 Å². The van der Waals surface area contributed by atoms with Crippen molar-refractivity contribution in [3.63, 3.8) is 0 Å². The molecule has 0 saturated carbocycles. The first-order chi connectivity index (χ1) is 6.66. The molecule has 0 aromatic heterocycles. The summed E-state index contributed by atoms with van der Waals surface area (Å²) in [5.74, 6) is 0.504. The molecule has 0 aliphatic heterocycles. The Kier molecular flexibility index (Phi) is 9.29. The second-order valence-corrected chi connectivity index (χ2v) is 3.87. The predicted octanol–water partition coefficient (Wildman–Crippen LogP) is -0.00810. The van der Waals surface area contributed by atoms with Gasteiger partial charge >= 0.3 is 0 Å². The summed E-state index contributed by atoms with van der Waals surface area (Å²) in [6, 6.07) is 0. The lowest BCUT2D eigenvalue weighted by Crippen LogP contribution is -2.31. The minimum absolute atomic E-state index is 0.187. The molecule has 14 heavy (non-hydrogen) atoms. The minimum Gasteiger partial charge on any atom is -0.396 e. The van der Waals surface area contributed by atoms with Crippen molar-refractivity contribution in [3.05, 3.63) is 0 Å². The van der Waals surface area contributed by atoms with Crippen LogP contribution in [0.2, 0.25) is 0 Å². The van der Waals surface area contributed by atoms with E-state index >= 15 is 0 Å². The molecular weight excluding hydrogens is 182 g/mol. The van der Waals surface area contributed by atoms with Gasteiger partial charge in [-0.2, -0.15) is 0 Å². The van der Waals surface area contributed by atoms with E-state index in [9.17, 15) is 5.11 Å². The number of rotatable bonds is 9. The highest BCUT2D eigenvalue weighted by Crippen LogP contribution is 1.93. The van der Waals surface area contributed by atoms with Gasteiger partial charge in [0.2, 0.25) is 0 Å². The number of aliphatic hydroxyl groups is 2. The smallest absolute Gasteiger partial charge is 0.0897 e. The van der Waals surface area contributed by atoms with Crippen LogP contribution < -0.4 is 5.32 Å². The predicted molar refractivity (Wildman–Crippen MR) is 56.2 cm³/mol. The fraction of sp³-hybridized carbons (Fsp3) is 1.00. The highest BCUT2D eigenvalue weighted by molar-refractivity contribution is 4.58. The zero-order valence-corrected chi connectivity index (χ0v) is 9.20. The van der Waals surface area contributed by atoms with Gasteiger partial charge in [-0.25, -0.2) is 0 Å². The van der Waals surface area contributed by atoms with Crippen molar-refractivity contribution in [2.75, 3.05) is 32.9 Å². The Bertz CT molecular complexity index is 120. The quantitative estimate of drug-likeness (QED) is 0.463. The SMILES string of the molecule is CC(C)COCC(O)CNCCCO. The van der Waals surface area contributed by atoms with Gasteiger partial charge in [-0.05, 0) is 18.9 Å². The lowest BCUT2D eigenvalue weighted by molar-refractivity contribution is 0.0261. The van der Waals surface area contributed by atoms with Gasteiger partial charge in [-0.3, -0.25) is 0 Å². The summed E-state index contributed by atoms with van der Waals surface area (Å²) in [6.07, 6.45) is 0.270. The van der Waals surface area contributed by atoms with E-state index in [-0.39, 0.29) is 6.61 Å². The molecule has 86 valence electrons. The van der Waals surface area contributed by atoms with Crippen LogP contribution in [0.15, 0.2) is 0 Å². The highest BCUT2D eigenvalue weighted by Gasteiger charge is 2.03. The van der Waals surface area contributed by atoms with Crippen molar-refractivity contribution < 1.29 is 14.9 Å². The van der Waals surface area contributed by atoms with E-state index < -0.39 is 6.10 Å². The summed E-state index contributed by atoms with van der Waals surface area (Å²) in [5.41, 5.74) is 0. The zero-order chi connectivity index (χ0) is 10.8. The van der Waals surface area contributed by atoms with Gasteiger partial charge in [0, 0.05) is 19.8 Å². The summed E-state index contributed by atoms with van der Waals surface area (Å²) >= 11 is 0. The molecule has 0 aliphatic rings. The van der Waals surface area contributed by atoms with Crippen LogP contribution in [-0.4, -0.2) is 49.2 Å². The maximum Gasteiger partial charge on any atom is 0.0897 e. The fourth-order valence-corrected chi connectivity index (χ4v) is 0.971. The Morgan fingerprint density at radius 2 is 2.00 bits per heavy atom. The molecule has 0 saturated heterocycles. The first-order valence-electron chi connectivity index (χ1n) is 5.24. The van der Waals surface area contributed by atoms with Gasteiger partial charge in [-0.1, -0.05) is 13.8 Å². The van der Waals surface area contributed by atoms with Crippen molar-refractivity contribution in [1.29, 1.82) is 0 Å². The first-order valence-corrected chi connectivity index (χ1v) is 5.24. The topological polar surface area (TPSA) is 61.7 Å². The van der Waals surface area contributed by atoms with Crippen LogP contribution in [0.1, 0.15) is 20.3 Å². The number of aliphatic hydroxyl groups excluding tert-OH is 2. The van der Waals surface area contributed by atoms with Crippen LogP contribution in [0.25, 0.3) is 0 Å². The van der Waals surface area contributed by atoms with Crippen LogP contribution in [0.5, 0.6) is 0 Å². The largest absolute Gasteiger partial charge is 0.396 e. The van der Waals surface area contributed by atoms with Crippen molar-refractivity contribution in [2.24, 2.45) is 5.92 Å². The second kappa shape index (κ2) is 9.40. The Labute approximate surface area is 86.3 Å². The average Bonchev–Trinajstić information content (AvgIpc) is 2.12. The number of hydrogen-bond acceptors (Lipinski definition) is 4. The van der Waals surface area contributed by atoms with Crippen LogP contribution in [0, 0.1) is 5.92 Å². The normalized spacial score (nSPS) is 13.5. The summed E-state index contributed by atoms with van der Waals surface area (Å²) in [6.45, 7) is 6.67. The summed E-state index contributed by atoms with van der Waals surface area (Å²) in [4.78, 5) is 0. The molecule has 0 radical (unpaired) electrons. The fourth-order valence-electron chi connectivity index (χ4n) is 0.971. The Balaban J connectivity index is 3.15. The van der Waals surface area contributed by atoms with E-state index in [1.54, 1.807) is 0 Å². The third kappa shape index (κ3) is 9.92. The van der Waals surface area contributed by atoms with Crippen LogP contribution in [0.4, 0.5) is 0 Å². The van der Waals surface area contributed by atoms with Crippen LogP contribution in [-0.2, 0) is 4.74 Å². The first kappa shape index (κ1) is 13.8. The van der Waals surface area contributed by atoms with Crippen molar-refractivity contribution >= 4 is 0 Å². The molecule has 0 bridgehead atoms. The molecule has 0 rings (SSSR count). The summed E-state index contributed by atoms with van der Waals surface area (Å²) in [5, 5.41) is 21.0. The Morgan fingerprint density at radius 1 is 1.29 bits per heavy atom. The summed E-state index contributed by atoms with van der Waals surface area (Å²) in [7, 11) is 0. The molecular formula is C10H23NO3. The third-order valence-corrected chi connectivity index (χ3v) is 1.65. The maximum atomic E-state index is 9.41. The monoisotopic (exact) mass is 205 g/mol. The molecule has 3 N–H and O–H groups in total. The Morgan fingerprint density at radius 3 is 2.57 bits per heavy atom. The molecule has 0 heterocycles. The average molecular weight is 205 g/mol. The van der Waals surface area contributed by atoms with E-state index in [1.807, 2.05) is 0 Å². The Hall–Kier alpha value is -0.160. The standard InChI is InChI=1S/C10H23NO3/c1-9(2)7-14-8-10(13)6-11-4-3-5-12/h9-13H,3-8H2,1-2H3. The van der Waals surface area contributed by atoms with Crippen LogP contribution in [0.3, 0.4) is 0 Å². The van der Waals surface area contributed by atoms with E-state index in [0.29, 0.717) is 25.7 Å². The van der Waals surface area contributed by atoms with Gasteiger partial charge in [-0.15, -0.1) is 0 Å². The van der Waals surface area contributed by atoms with Gasteiger partial charge in [0.25, 0.3) is 0 Å². The number of ether oxygens (including phenoxy) is 1. The van der Waals surface area contributed by atoms with E-state index in [4.69, 9.17) is 9.84 Å². The lowest BCUT2D eigenvalue weighted by Gasteiger charge is -2.13. The molecule has 0 aromatic carbocycles. The number of nitrogens with one attached hydrogen (secondary N) is 1. The van der Waals surface area contributed by atoms with Crippen LogP contribution >= 0.6 is 0 Å². The molecule has 1 unspecified atom stereocenters. The third-order valence-electron chi connectivity index (χ3n) is 1.65. The van der Waals surface area contributed by atoms with E-state index in [0.717, 1.165) is 13.0 Å². The molecule has 4 heteroatoms. The maximum absolute atomic E-state index is 9.41. The van der Waals surface area contributed by atoms with E-state index in [1.165, 1.54) is 0 Å². The lowest BCUT2D eigenvalue weighted by atomic mass is 10.2.